The number of fused-ring (bicyclic) bond motifs is 2. The fourth-order valence-corrected chi connectivity index (χ4v) is 8.44. The van der Waals surface area contributed by atoms with Crippen molar-refractivity contribution < 1.29 is 37.9 Å². The van der Waals surface area contributed by atoms with Crippen molar-refractivity contribution in [2.24, 2.45) is 5.92 Å². The van der Waals surface area contributed by atoms with Gasteiger partial charge in [-0.05, 0) is 56.2 Å². The van der Waals surface area contributed by atoms with Crippen LogP contribution in [0, 0.1) is 11.7 Å². The number of aromatic amines is 1. The number of carbonyl (C=O) groups excluding carboxylic acids is 6. The molecular weight excluding hydrogens is 722 g/mol. The number of amides is 6. The summed E-state index contributed by atoms with van der Waals surface area (Å²) in [6, 6.07) is 6.31. The van der Waals surface area contributed by atoms with Crippen molar-refractivity contribution >= 4 is 63.8 Å². The Balaban J connectivity index is 0.881. The third-order valence-corrected chi connectivity index (χ3v) is 11.8. The molecule has 4 aliphatic rings. The number of nitrogens with zero attached hydrogens (tertiary/aromatic N) is 4. The summed E-state index contributed by atoms with van der Waals surface area (Å²) in [5.41, 5.74) is 0.412. The fraction of sp³-hybridized carbons (Fsp3) is 0.459. The number of likely N-dealkylation sites (tertiary alicyclic amines) is 2. The van der Waals surface area contributed by atoms with Gasteiger partial charge in [0.1, 0.15) is 28.8 Å². The molecule has 0 aliphatic carbocycles. The molecular formula is C37H40FN7O8S. The van der Waals surface area contributed by atoms with E-state index in [1.165, 1.54) is 18.2 Å². The first kappa shape index (κ1) is 37.0. The van der Waals surface area contributed by atoms with E-state index < -0.39 is 41.0 Å². The second-order valence-corrected chi connectivity index (χ2v) is 15.3. The molecule has 17 heteroatoms. The standard InChI is InChI=1S/C37H40FN7O8S/c1-20(46)43-10-6-21(7-11-43)18-53-23-15-27(38)33-28(16-23)40-30(41-35(33)50)19-54-24-8-12-44(13-9-24)32(48)17-39-22-2-3-25-26(14-22)37(52)45(36(25)51)29-4-5-31(47)42-34(29)49/h2-3,14-16,21,24,29,39H,4-13,17-19H2,1H3,(H,40,41,50)(H,42,47,49). The van der Waals surface area contributed by atoms with E-state index in [-0.39, 0.29) is 64.4 Å². The topological polar surface area (TPSA) is 191 Å². The molecule has 0 spiro atoms. The lowest BCUT2D eigenvalue weighted by Gasteiger charge is -2.31. The average Bonchev–Trinajstić information content (AvgIpc) is 3.40. The Morgan fingerprint density at radius 3 is 2.39 bits per heavy atom. The molecule has 7 rings (SSSR count). The fourth-order valence-electron chi connectivity index (χ4n) is 7.37. The summed E-state index contributed by atoms with van der Waals surface area (Å²) in [6.07, 6.45) is 3.14. The van der Waals surface area contributed by atoms with E-state index in [0.29, 0.717) is 55.8 Å². The van der Waals surface area contributed by atoms with Crippen molar-refractivity contribution in [3.8, 4) is 5.75 Å². The number of halogens is 1. The molecule has 0 radical (unpaired) electrons. The molecule has 5 heterocycles. The number of hydrogen-bond acceptors (Lipinski definition) is 11. The molecule has 3 fully saturated rings. The predicted molar refractivity (Wildman–Crippen MR) is 195 cm³/mol. The number of carbonyl (C=O) groups is 6. The largest absolute Gasteiger partial charge is 0.493 e. The Kier molecular flexibility index (Phi) is 10.7. The highest BCUT2D eigenvalue weighted by Crippen LogP contribution is 2.31. The lowest BCUT2D eigenvalue weighted by atomic mass is 9.98. The molecule has 3 saturated heterocycles. The number of thioether (sulfide) groups is 1. The Bertz CT molecular complexity index is 2090. The van der Waals surface area contributed by atoms with Crippen molar-refractivity contribution in [3.63, 3.8) is 0 Å². The zero-order chi connectivity index (χ0) is 38.1. The molecule has 284 valence electrons. The van der Waals surface area contributed by atoms with Crippen molar-refractivity contribution in [2.45, 2.75) is 62.5 Å². The second kappa shape index (κ2) is 15.6. The van der Waals surface area contributed by atoms with Crippen molar-refractivity contribution in [2.75, 3.05) is 44.6 Å². The molecule has 1 aromatic heterocycles. The smallest absolute Gasteiger partial charge is 0.262 e. The molecule has 3 aromatic rings. The molecule has 54 heavy (non-hydrogen) atoms. The number of rotatable bonds is 10. The van der Waals surface area contributed by atoms with Crippen LogP contribution in [0.5, 0.6) is 5.75 Å². The number of aromatic nitrogens is 2. The van der Waals surface area contributed by atoms with Crippen LogP contribution in [0.25, 0.3) is 10.9 Å². The molecule has 1 unspecified atom stereocenters. The summed E-state index contributed by atoms with van der Waals surface area (Å²) >= 11 is 1.61. The summed E-state index contributed by atoms with van der Waals surface area (Å²) in [4.78, 5) is 99.1. The summed E-state index contributed by atoms with van der Waals surface area (Å²) in [6.45, 7) is 4.30. The average molecular weight is 762 g/mol. The van der Waals surface area contributed by atoms with E-state index >= 15 is 0 Å². The summed E-state index contributed by atoms with van der Waals surface area (Å²) in [7, 11) is 0. The Hall–Kier alpha value is -5.32. The SMILES string of the molecule is CC(=O)N1CCC(COc2cc(F)c3c(=O)[nH]c(CSC4CCN(C(=O)CNc5ccc6c(c5)C(=O)N(C5CCC(=O)NC5=O)C6=O)CC4)nc3c2)CC1. The van der Waals surface area contributed by atoms with Gasteiger partial charge in [0.2, 0.25) is 23.6 Å². The van der Waals surface area contributed by atoms with Gasteiger partial charge in [-0.2, -0.15) is 11.8 Å². The van der Waals surface area contributed by atoms with Gasteiger partial charge in [0.15, 0.2) is 0 Å². The Morgan fingerprint density at radius 1 is 0.944 bits per heavy atom. The van der Waals surface area contributed by atoms with Crippen LogP contribution in [0.3, 0.4) is 0 Å². The number of nitrogens with one attached hydrogen (secondary N) is 3. The first-order valence-electron chi connectivity index (χ1n) is 18.0. The van der Waals surface area contributed by atoms with Gasteiger partial charge >= 0.3 is 0 Å². The highest BCUT2D eigenvalue weighted by molar-refractivity contribution is 7.99. The van der Waals surface area contributed by atoms with Gasteiger partial charge < -0.3 is 24.8 Å². The molecule has 0 saturated carbocycles. The van der Waals surface area contributed by atoms with Gasteiger partial charge in [-0.3, -0.25) is 43.8 Å². The van der Waals surface area contributed by atoms with Crippen LogP contribution >= 0.6 is 11.8 Å². The van der Waals surface area contributed by atoms with Gasteiger partial charge in [0, 0.05) is 62.6 Å². The van der Waals surface area contributed by atoms with Crippen molar-refractivity contribution in [1.29, 1.82) is 0 Å². The third-order valence-electron chi connectivity index (χ3n) is 10.5. The molecule has 2 aromatic carbocycles. The van der Waals surface area contributed by atoms with E-state index in [1.807, 2.05) is 0 Å². The van der Waals surface area contributed by atoms with Gasteiger partial charge in [-0.1, -0.05) is 0 Å². The van der Waals surface area contributed by atoms with Crippen LogP contribution in [-0.2, 0) is 24.9 Å². The van der Waals surface area contributed by atoms with Crippen LogP contribution in [0.1, 0.15) is 72.0 Å². The van der Waals surface area contributed by atoms with Crippen LogP contribution < -0.4 is 20.9 Å². The van der Waals surface area contributed by atoms with Gasteiger partial charge in [-0.15, -0.1) is 0 Å². The van der Waals surface area contributed by atoms with Crippen LogP contribution in [0.15, 0.2) is 35.1 Å². The van der Waals surface area contributed by atoms with E-state index in [2.05, 4.69) is 20.6 Å². The van der Waals surface area contributed by atoms with E-state index in [4.69, 9.17) is 4.74 Å². The minimum Gasteiger partial charge on any atom is -0.493 e. The monoisotopic (exact) mass is 761 g/mol. The predicted octanol–water partition coefficient (Wildman–Crippen LogP) is 2.44. The third kappa shape index (κ3) is 7.81. The molecule has 4 aliphatic heterocycles. The van der Waals surface area contributed by atoms with E-state index in [0.717, 1.165) is 30.6 Å². The first-order valence-corrected chi connectivity index (χ1v) is 19.1. The molecule has 15 nitrogen and oxygen atoms in total. The quantitative estimate of drug-likeness (QED) is 0.257. The van der Waals surface area contributed by atoms with Gasteiger partial charge in [0.25, 0.3) is 17.4 Å². The van der Waals surface area contributed by atoms with Gasteiger partial charge in [-0.25, -0.2) is 9.37 Å². The van der Waals surface area contributed by atoms with Gasteiger partial charge in [0.05, 0.1) is 35.5 Å². The number of benzene rings is 2. The van der Waals surface area contributed by atoms with Crippen LogP contribution in [-0.4, -0.2) is 111 Å². The number of hydrogen-bond donors (Lipinski definition) is 3. The first-order chi connectivity index (χ1) is 25.9. The molecule has 6 amide bonds. The molecule has 1 atom stereocenters. The van der Waals surface area contributed by atoms with Crippen molar-refractivity contribution in [1.82, 2.24) is 30.0 Å². The molecule has 0 bridgehead atoms. The highest BCUT2D eigenvalue weighted by atomic mass is 32.2. The summed E-state index contributed by atoms with van der Waals surface area (Å²) in [5, 5.41) is 5.29. The maximum atomic E-state index is 15.0. The zero-order valence-corrected chi connectivity index (χ0v) is 30.5. The normalized spacial score (nSPS) is 19.7. The molecule has 3 N–H and O–H groups in total. The maximum absolute atomic E-state index is 15.0. The minimum absolute atomic E-state index is 0.0285. The van der Waals surface area contributed by atoms with Crippen LogP contribution in [0.4, 0.5) is 10.1 Å². The van der Waals surface area contributed by atoms with Crippen molar-refractivity contribution in [3.05, 3.63) is 63.5 Å². The Morgan fingerprint density at radius 2 is 1.67 bits per heavy atom. The number of H-pyrrole nitrogens is 1. The summed E-state index contributed by atoms with van der Waals surface area (Å²) in [5.74, 6) is -1.77. The number of anilines is 1. The highest BCUT2D eigenvalue weighted by Gasteiger charge is 2.44. The zero-order valence-electron chi connectivity index (χ0n) is 29.7. The Labute approximate surface area is 313 Å². The summed E-state index contributed by atoms with van der Waals surface area (Å²) < 4.78 is 20.9. The number of imide groups is 2. The maximum Gasteiger partial charge on any atom is 0.262 e. The van der Waals surface area contributed by atoms with Crippen LogP contribution in [0.2, 0.25) is 0 Å². The van der Waals surface area contributed by atoms with E-state index in [9.17, 15) is 38.0 Å². The number of ether oxygens (including phenoxy) is 1. The lowest BCUT2D eigenvalue weighted by Crippen LogP contribution is -2.54. The lowest BCUT2D eigenvalue weighted by molar-refractivity contribution is -0.136. The number of piperidine rings is 3. The minimum atomic E-state index is -1.06. The second-order valence-electron chi connectivity index (χ2n) is 14.0. The van der Waals surface area contributed by atoms with E-state index in [1.54, 1.807) is 40.6 Å².